The molecule has 1 aliphatic heterocycles. The molecule has 1 unspecified atom stereocenters. The van der Waals surface area contributed by atoms with Gasteiger partial charge in [-0.2, -0.15) is 0 Å². The molecule has 19 heavy (non-hydrogen) atoms. The van der Waals surface area contributed by atoms with Crippen molar-refractivity contribution in [1.29, 1.82) is 0 Å². The number of halogens is 1. The van der Waals surface area contributed by atoms with Gasteiger partial charge < -0.3 is 10.2 Å². The number of rotatable bonds is 3. The zero-order valence-corrected chi connectivity index (χ0v) is 11.1. The van der Waals surface area contributed by atoms with Crippen LogP contribution in [0.4, 0.5) is 10.1 Å². The Balaban J connectivity index is 2.22. The van der Waals surface area contributed by atoms with Crippen LogP contribution < -0.4 is 10.2 Å². The van der Waals surface area contributed by atoms with Crippen molar-refractivity contribution < 1.29 is 14.0 Å². The molecule has 5 heteroatoms. The van der Waals surface area contributed by atoms with Crippen LogP contribution in [0.15, 0.2) is 18.2 Å². The van der Waals surface area contributed by atoms with Gasteiger partial charge in [0.05, 0.1) is 11.3 Å². The molecular formula is C14H17FN2O2. The highest BCUT2D eigenvalue weighted by molar-refractivity contribution is 6.00. The van der Waals surface area contributed by atoms with Crippen LogP contribution >= 0.6 is 0 Å². The zero-order chi connectivity index (χ0) is 14.0. The maximum Gasteiger partial charge on any atom is 0.217 e. The number of benzene rings is 1. The van der Waals surface area contributed by atoms with Crippen LogP contribution in [-0.4, -0.2) is 30.8 Å². The number of hydrogen-bond donors (Lipinski definition) is 1. The second-order valence-corrected chi connectivity index (χ2v) is 4.82. The lowest BCUT2D eigenvalue weighted by molar-refractivity contribution is -0.119. The van der Waals surface area contributed by atoms with E-state index in [2.05, 4.69) is 5.32 Å². The molecule has 0 aromatic heterocycles. The van der Waals surface area contributed by atoms with Crippen LogP contribution in [-0.2, 0) is 4.79 Å². The predicted molar refractivity (Wildman–Crippen MR) is 70.8 cm³/mol. The predicted octanol–water partition coefficient (Wildman–Crippen LogP) is 1.74. The van der Waals surface area contributed by atoms with E-state index in [1.54, 1.807) is 12.1 Å². The maximum atomic E-state index is 13.7. The summed E-state index contributed by atoms with van der Waals surface area (Å²) >= 11 is 0. The Labute approximate surface area is 111 Å². The van der Waals surface area contributed by atoms with Gasteiger partial charge in [0.25, 0.3) is 0 Å². The van der Waals surface area contributed by atoms with E-state index >= 15 is 0 Å². The molecule has 4 nitrogen and oxygen atoms in total. The maximum absolute atomic E-state index is 13.7. The van der Waals surface area contributed by atoms with Crippen molar-refractivity contribution in [3.63, 3.8) is 0 Å². The van der Waals surface area contributed by atoms with Crippen LogP contribution in [0.5, 0.6) is 0 Å². The fourth-order valence-electron chi connectivity index (χ4n) is 2.51. The van der Waals surface area contributed by atoms with Gasteiger partial charge in [-0.3, -0.25) is 9.59 Å². The standard InChI is InChI=1S/C14H17FN2O2/c1-9(18)14-12(15)4-3-5-13(14)17-7-6-11(8-17)16-10(2)19/h3-5,11H,6-8H2,1-2H3,(H,16,19). The number of amides is 1. The SMILES string of the molecule is CC(=O)NC1CCN(c2cccc(F)c2C(C)=O)C1. The van der Waals surface area contributed by atoms with Crippen molar-refractivity contribution in [2.75, 3.05) is 18.0 Å². The van der Waals surface area contributed by atoms with Crippen LogP contribution in [0, 0.1) is 5.82 Å². The van der Waals surface area contributed by atoms with Crippen molar-refractivity contribution in [2.24, 2.45) is 0 Å². The lowest BCUT2D eigenvalue weighted by Gasteiger charge is -2.21. The number of nitrogens with one attached hydrogen (secondary N) is 1. The number of carbonyl (C=O) groups is 2. The molecule has 2 rings (SSSR count). The van der Waals surface area contributed by atoms with Crippen molar-refractivity contribution in [1.82, 2.24) is 5.32 Å². The number of anilines is 1. The minimum atomic E-state index is -0.493. The second-order valence-electron chi connectivity index (χ2n) is 4.82. The Kier molecular flexibility index (Phi) is 3.83. The fourth-order valence-corrected chi connectivity index (χ4v) is 2.51. The molecule has 0 spiro atoms. The summed E-state index contributed by atoms with van der Waals surface area (Å²) in [5.41, 5.74) is 0.742. The van der Waals surface area contributed by atoms with Gasteiger partial charge in [-0.05, 0) is 25.5 Å². The van der Waals surface area contributed by atoms with E-state index in [0.29, 0.717) is 18.8 Å². The van der Waals surface area contributed by atoms with E-state index in [-0.39, 0.29) is 23.3 Å². The molecule has 1 fully saturated rings. The molecule has 0 radical (unpaired) electrons. The molecule has 1 aromatic carbocycles. The Morgan fingerprint density at radius 1 is 1.37 bits per heavy atom. The molecule has 1 heterocycles. The molecular weight excluding hydrogens is 247 g/mol. The zero-order valence-electron chi connectivity index (χ0n) is 11.1. The first-order valence-electron chi connectivity index (χ1n) is 6.30. The molecule has 0 saturated carbocycles. The van der Waals surface area contributed by atoms with Crippen molar-refractivity contribution in [2.45, 2.75) is 26.3 Å². The number of carbonyl (C=O) groups excluding carboxylic acids is 2. The molecule has 0 aliphatic carbocycles. The molecule has 102 valence electrons. The monoisotopic (exact) mass is 264 g/mol. The average Bonchev–Trinajstić information content (AvgIpc) is 2.75. The number of ketones is 1. The smallest absolute Gasteiger partial charge is 0.217 e. The van der Waals surface area contributed by atoms with Gasteiger partial charge in [-0.25, -0.2) is 4.39 Å². The Morgan fingerprint density at radius 3 is 2.74 bits per heavy atom. The molecule has 1 atom stereocenters. The molecule has 1 aliphatic rings. The highest BCUT2D eigenvalue weighted by atomic mass is 19.1. The number of Topliss-reactive ketones (excluding diaryl/α,β-unsaturated/α-hetero) is 1. The van der Waals surface area contributed by atoms with Gasteiger partial charge in [0.1, 0.15) is 5.82 Å². The molecule has 1 saturated heterocycles. The van der Waals surface area contributed by atoms with E-state index in [9.17, 15) is 14.0 Å². The molecule has 1 aromatic rings. The van der Waals surface area contributed by atoms with Gasteiger partial charge in [-0.1, -0.05) is 6.07 Å². The van der Waals surface area contributed by atoms with Gasteiger partial charge in [-0.15, -0.1) is 0 Å². The molecule has 1 N–H and O–H groups in total. The Bertz CT molecular complexity index is 516. The van der Waals surface area contributed by atoms with E-state index < -0.39 is 5.82 Å². The quantitative estimate of drug-likeness (QED) is 0.846. The Morgan fingerprint density at radius 2 is 2.11 bits per heavy atom. The fraction of sp³-hybridized carbons (Fsp3) is 0.429. The largest absolute Gasteiger partial charge is 0.369 e. The summed E-state index contributed by atoms with van der Waals surface area (Å²) < 4.78 is 13.7. The van der Waals surface area contributed by atoms with Crippen molar-refractivity contribution in [3.05, 3.63) is 29.6 Å². The minimum Gasteiger partial charge on any atom is -0.369 e. The number of nitrogens with zero attached hydrogens (tertiary/aromatic N) is 1. The van der Waals surface area contributed by atoms with Gasteiger partial charge in [0, 0.05) is 26.1 Å². The summed E-state index contributed by atoms with van der Waals surface area (Å²) in [6, 6.07) is 4.70. The third kappa shape index (κ3) is 2.92. The van der Waals surface area contributed by atoms with Crippen LogP contribution in [0.25, 0.3) is 0 Å². The van der Waals surface area contributed by atoms with Crippen LogP contribution in [0.3, 0.4) is 0 Å². The normalized spacial score (nSPS) is 18.5. The first-order valence-corrected chi connectivity index (χ1v) is 6.30. The third-order valence-corrected chi connectivity index (χ3v) is 3.28. The molecule has 1 amide bonds. The first-order chi connectivity index (χ1) is 8.99. The van der Waals surface area contributed by atoms with E-state index in [0.717, 1.165) is 6.42 Å². The second kappa shape index (κ2) is 5.38. The van der Waals surface area contributed by atoms with E-state index in [1.807, 2.05) is 4.90 Å². The highest BCUT2D eigenvalue weighted by Gasteiger charge is 2.26. The third-order valence-electron chi connectivity index (χ3n) is 3.28. The van der Waals surface area contributed by atoms with Gasteiger partial charge in [0.15, 0.2) is 5.78 Å². The summed E-state index contributed by atoms with van der Waals surface area (Å²) in [5, 5.41) is 2.85. The van der Waals surface area contributed by atoms with Crippen LogP contribution in [0.2, 0.25) is 0 Å². The lowest BCUT2D eigenvalue weighted by Crippen LogP contribution is -2.35. The van der Waals surface area contributed by atoms with Gasteiger partial charge in [0.2, 0.25) is 5.91 Å². The molecule has 0 bridgehead atoms. The average molecular weight is 264 g/mol. The summed E-state index contributed by atoms with van der Waals surface area (Å²) in [6.07, 6.45) is 0.799. The lowest BCUT2D eigenvalue weighted by atomic mass is 10.1. The van der Waals surface area contributed by atoms with E-state index in [1.165, 1.54) is 19.9 Å². The first kappa shape index (κ1) is 13.5. The summed E-state index contributed by atoms with van der Waals surface area (Å²) in [5.74, 6) is -0.845. The van der Waals surface area contributed by atoms with Crippen molar-refractivity contribution >= 4 is 17.4 Å². The van der Waals surface area contributed by atoms with E-state index in [4.69, 9.17) is 0 Å². The van der Waals surface area contributed by atoms with Gasteiger partial charge >= 0.3 is 0 Å². The summed E-state index contributed by atoms with van der Waals surface area (Å²) in [7, 11) is 0. The highest BCUT2D eigenvalue weighted by Crippen LogP contribution is 2.27. The topological polar surface area (TPSA) is 49.4 Å². The Hall–Kier alpha value is -1.91. The summed E-state index contributed by atoms with van der Waals surface area (Å²) in [6.45, 7) is 4.15. The minimum absolute atomic E-state index is 0.0561. The van der Waals surface area contributed by atoms with Crippen molar-refractivity contribution in [3.8, 4) is 0 Å². The summed E-state index contributed by atoms with van der Waals surface area (Å²) in [4.78, 5) is 24.5. The van der Waals surface area contributed by atoms with Crippen LogP contribution in [0.1, 0.15) is 30.6 Å². The number of hydrogen-bond acceptors (Lipinski definition) is 3.